The van der Waals surface area contributed by atoms with E-state index in [2.05, 4.69) is 10.2 Å². The van der Waals surface area contributed by atoms with Crippen molar-refractivity contribution in [3.63, 3.8) is 0 Å². The fraction of sp³-hybridized carbons (Fsp3) is 0. The summed E-state index contributed by atoms with van der Waals surface area (Å²) in [6, 6.07) is 2.02. The molecule has 1 N–H and O–H groups in total. The lowest BCUT2D eigenvalue weighted by atomic mass is 10.2. The number of fused-ring (bicyclic) bond motifs is 5. The maximum Gasteiger partial charge on any atom is 0.334 e. The molecule has 0 spiro atoms. The Morgan fingerprint density at radius 2 is 1.48 bits per heavy atom. The van der Waals surface area contributed by atoms with Gasteiger partial charge in [-0.3, -0.25) is 40.5 Å². The van der Waals surface area contributed by atoms with E-state index in [9.17, 15) is 45.6 Å². The fourth-order valence-electron chi connectivity index (χ4n) is 2.91. The van der Waals surface area contributed by atoms with Crippen LogP contribution in [0.5, 0.6) is 5.75 Å². The molecule has 4 aromatic rings. The molecule has 0 bridgehead atoms. The Bertz CT molecular complexity index is 1430. The summed E-state index contributed by atoms with van der Waals surface area (Å²) in [5.41, 5.74) is -5.07. The Kier molecular flexibility index (Phi) is 3.32. The average molecular weight is 404 g/mol. The second kappa shape index (κ2) is 5.52. The van der Waals surface area contributed by atoms with E-state index < -0.39 is 59.2 Å². The van der Waals surface area contributed by atoms with E-state index >= 15 is 0 Å². The molecule has 0 saturated carbocycles. The van der Waals surface area contributed by atoms with Crippen LogP contribution in [0.4, 0.5) is 22.7 Å². The largest absolute Gasteiger partial charge is 0.865 e. The average Bonchev–Trinajstić information content (AvgIpc) is 3.16. The number of hydrogen-bond donors (Lipinski definition) is 1. The van der Waals surface area contributed by atoms with Gasteiger partial charge in [-0.25, -0.2) is 0 Å². The first kappa shape index (κ1) is 17.5. The van der Waals surface area contributed by atoms with Crippen molar-refractivity contribution in [3.8, 4) is 5.75 Å². The van der Waals surface area contributed by atoms with Crippen molar-refractivity contribution in [2.24, 2.45) is 0 Å². The van der Waals surface area contributed by atoms with Crippen molar-refractivity contribution >= 4 is 44.8 Å². The number of hydrogen-bond acceptors (Lipinski definition) is 10. The maximum absolute atomic E-state index is 12.5. The minimum absolute atomic E-state index is 0.251. The number of non-ortho nitro benzene ring substituents is 3. The predicted molar refractivity (Wildman–Crippen MR) is 86.3 cm³/mol. The number of aromatic nitrogens is 4. The molecule has 4 rings (SSSR count). The van der Waals surface area contributed by atoms with Crippen molar-refractivity contribution in [2.75, 3.05) is 0 Å². The highest BCUT2D eigenvalue weighted by atomic mass is 16.6. The monoisotopic (exact) mass is 404 g/mol. The molecular weight excluding hydrogens is 400 g/mol. The summed E-state index contributed by atoms with van der Waals surface area (Å²) in [7, 11) is 0. The lowest BCUT2D eigenvalue weighted by molar-refractivity contribution is -0.651. The van der Waals surface area contributed by atoms with Gasteiger partial charge in [-0.1, -0.05) is 0 Å². The summed E-state index contributed by atoms with van der Waals surface area (Å²) in [4.78, 5) is 40.8. The number of nitrogens with one attached hydrogen (secondary N) is 1. The highest BCUT2D eigenvalue weighted by molar-refractivity contribution is 5.92. The van der Waals surface area contributed by atoms with E-state index in [1.54, 1.807) is 0 Å². The van der Waals surface area contributed by atoms with Gasteiger partial charge < -0.3 is 5.11 Å². The van der Waals surface area contributed by atoms with E-state index in [0.717, 1.165) is 15.3 Å². The van der Waals surface area contributed by atoms with Gasteiger partial charge >= 0.3 is 16.9 Å². The van der Waals surface area contributed by atoms with Gasteiger partial charge in [-0.15, -0.1) is 0 Å². The standard InChI is InChI=1S/C12H4N8O9/c21-12-8(20(28)29)3-7(19(26)27)10-11(12)16-13-9-5(15(16)14-10)1-4(17(22)23)2-6(9)18(24)25/h1-3H,(H-,13,14,21). The van der Waals surface area contributed by atoms with E-state index in [4.69, 9.17) is 0 Å². The fourth-order valence-corrected chi connectivity index (χ4v) is 2.91. The number of aromatic amines is 1. The van der Waals surface area contributed by atoms with Gasteiger partial charge in [0, 0.05) is 10.4 Å². The summed E-state index contributed by atoms with van der Waals surface area (Å²) in [5, 5.41) is 63.5. The molecule has 0 aliphatic rings. The minimum Gasteiger partial charge on any atom is -0.865 e. The number of benzene rings is 2. The molecule has 0 atom stereocenters. The van der Waals surface area contributed by atoms with E-state index in [1.807, 2.05) is 0 Å². The molecule has 0 amide bonds. The Balaban J connectivity index is 2.26. The van der Waals surface area contributed by atoms with Crippen LogP contribution in [-0.2, 0) is 0 Å². The van der Waals surface area contributed by atoms with Crippen LogP contribution in [-0.4, -0.2) is 34.5 Å². The van der Waals surface area contributed by atoms with Crippen molar-refractivity contribution in [1.29, 1.82) is 0 Å². The van der Waals surface area contributed by atoms with Gasteiger partial charge in [-0.2, -0.15) is 5.10 Å². The zero-order chi connectivity index (χ0) is 21.2. The first-order chi connectivity index (χ1) is 13.6. The summed E-state index contributed by atoms with van der Waals surface area (Å²) < 4.78 is 1.47. The molecule has 0 saturated heterocycles. The number of nitro groups is 4. The first-order valence-electron chi connectivity index (χ1n) is 7.34. The Hall–Kier alpha value is -4.96. The van der Waals surface area contributed by atoms with Crippen LogP contribution in [0.15, 0.2) is 18.2 Å². The lowest BCUT2D eigenvalue weighted by Gasteiger charge is -2.03. The maximum atomic E-state index is 12.5. The topological polar surface area (TPSA) is 233 Å². The number of rotatable bonds is 4. The van der Waals surface area contributed by atoms with Gasteiger partial charge in [0.15, 0.2) is 11.0 Å². The molecule has 2 aromatic carbocycles. The van der Waals surface area contributed by atoms with Crippen LogP contribution >= 0.6 is 0 Å². The van der Waals surface area contributed by atoms with E-state index in [0.29, 0.717) is 12.1 Å². The summed E-state index contributed by atoms with van der Waals surface area (Å²) in [6.07, 6.45) is 0. The smallest absolute Gasteiger partial charge is 0.334 e. The molecular formula is C12H4N8O9. The van der Waals surface area contributed by atoms with Crippen molar-refractivity contribution < 1.29 is 29.4 Å². The van der Waals surface area contributed by atoms with Gasteiger partial charge in [0.1, 0.15) is 0 Å². The Morgan fingerprint density at radius 3 is 2.03 bits per heavy atom. The van der Waals surface area contributed by atoms with Crippen LogP contribution in [0.2, 0.25) is 0 Å². The van der Waals surface area contributed by atoms with Gasteiger partial charge in [0.2, 0.25) is 5.52 Å². The molecule has 17 nitrogen and oxygen atoms in total. The first-order valence-corrected chi connectivity index (χ1v) is 7.34. The van der Waals surface area contributed by atoms with Crippen molar-refractivity contribution in [1.82, 2.24) is 14.8 Å². The molecule has 0 aliphatic heterocycles. The number of nitrogens with zero attached hydrogens (tertiary/aromatic N) is 7. The van der Waals surface area contributed by atoms with Crippen LogP contribution < -0.4 is 9.74 Å². The number of nitro benzene ring substituents is 4. The van der Waals surface area contributed by atoms with Crippen LogP contribution in [0, 0.1) is 40.5 Å². The minimum atomic E-state index is -1.24. The van der Waals surface area contributed by atoms with Gasteiger partial charge in [-0.05, 0) is 4.63 Å². The van der Waals surface area contributed by atoms with E-state index in [1.165, 1.54) is 0 Å². The molecule has 0 unspecified atom stereocenters. The molecule has 0 aliphatic carbocycles. The summed E-state index contributed by atoms with van der Waals surface area (Å²) in [6.45, 7) is 0. The van der Waals surface area contributed by atoms with Crippen LogP contribution in [0.25, 0.3) is 22.1 Å². The van der Waals surface area contributed by atoms with Crippen molar-refractivity contribution in [3.05, 3.63) is 58.7 Å². The summed E-state index contributed by atoms with van der Waals surface area (Å²) >= 11 is 0. The Labute approximate surface area is 154 Å². The molecule has 17 heteroatoms. The second-order valence-corrected chi connectivity index (χ2v) is 5.64. The zero-order valence-electron chi connectivity index (χ0n) is 13.5. The van der Waals surface area contributed by atoms with Gasteiger partial charge in [0.25, 0.3) is 11.4 Å². The third-order valence-electron chi connectivity index (χ3n) is 4.10. The molecule has 2 heterocycles. The predicted octanol–water partition coefficient (Wildman–Crippen LogP) is 0.261. The molecule has 0 fully saturated rings. The highest BCUT2D eigenvalue weighted by Gasteiger charge is 2.35. The lowest BCUT2D eigenvalue weighted by Crippen LogP contribution is -2.29. The van der Waals surface area contributed by atoms with Crippen LogP contribution in [0.1, 0.15) is 0 Å². The van der Waals surface area contributed by atoms with Gasteiger partial charge in [0.05, 0.1) is 43.0 Å². The molecule has 2 aromatic heterocycles. The van der Waals surface area contributed by atoms with E-state index in [-0.39, 0.29) is 11.0 Å². The van der Waals surface area contributed by atoms with Crippen molar-refractivity contribution in [2.45, 2.75) is 0 Å². The number of H-pyrrole nitrogens is 1. The zero-order valence-corrected chi connectivity index (χ0v) is 13.5. The quantitative estimate of drug-likeness (QED) is 0.276. The normalized spacial score (nSPS) is 11.3. The highest BCUT2D eigenvalue weighted by Crippen LogP contribution is 2.37. The molecule has 0 radical (unpaired) electrons. The van der Waals surface area contributed by atoms with Crippen LogP contribution in [0.3, 0.4) is 0 Å². The Morgan fingerprint density at radius 1 is 0.862 bits per heavy atom. The molecule has 29 heavy (non-hydrogen) atoms. The third-order valence-corrected chi connectivity index (χ3v) is 4.10. The SMILES string of the molecule is O=[N+]([O-])c1cc([N+](=O)[O-])c2[nH][n+]3c4c([O-])c([N+](=O)[O-])cc([N+](=O)[O-])c4nn3c2c1. The summed E-state index contributed by atoms with van der Waals surface area (Å²) in [5.74, 6) is -1.24. The third kappa shape index (κ3) is 2.27. The second-order valence-electron chi connectivity index (χ2n) is 5.64. The molecule has 146 valence electrons.